The van der Waals surface area contributed by atoms with E-state index >= 15 is 0 Å². The van der Waals surface area contributed by atoms with Gasteiger partial charge in [-0.3, -0.25) is 0 Å². The number of nitrogens with zero attached hydrogens (tertiary/aromatic N) is 1. The number of carbonyl (C=O) groups is 1. The average molecular weight is 240 g/mol. The Bertz CT molecular complexity index is 290. The molecule has 0 heterocycles. The number of hydrogen-bond acceptors (Lipinski definition) is 3. The van der Waals surface area contributed by atoms with E-state index in [-0.39, 0.29) is 0 Å². The van der Waals surface area contributed by atoms with Crippen LogP contribution in [0.1, 0.15) is 53.9 Å². The Labute approximate surface area is 104 Å². The maximum absolute atomic E-state index is 11.5. The van der Waals surface area contributed by atoms with Crippen LogP contribution >= 0.6 is 0 Å². The van der Waals surface area contributed by atoms with Gasteiger partial charge < -0.3 is 10.1 Å². The van der Waals surface area contributed by atoms with Crippen molar-refractivity contribution in [3.05, 3.63) is 0 Å². The minimum atomic E-state index is -0.427. The van der Waals surface area contributed by atoms with Gasteiger partial charge in [-0.05, 0) is 40.5 Å². The number of hydrogen-bond donors (Lipinski definition) is 1. The summed E-state index contributed by atoms with van der Waals surface area (Å²) in [6.45, 7) is 10.0. The van der Waals surface area contributed by atoms with Gasteiger partial charge in [0.25, 0.3) is 0 Å². The Morgan fingerprint density at radius 1 is 1.29 bits per heavy atom. The number of alkyl carbamates (subject to hydrolysis) is 1. The Kier molecular flexibility index (Phi) is 6.01. The van der Waals surface area contributed by atoms with Crippen LogP contribution in [0.25, 0.3) is 0 Å². The highest BCUT2D eigenvalue weighted by molar-refractivity contribution is 5.67. The van der Waals surface area contributed by atoms with Crippen molar-refractivity contribution in [2.75, 3.05) is 6.54 Å². The van der Waals surface area contributed by atoms with E-state index < -0.39 is 17.1 Å². The van der Waals surface area contributed by atoms with Crippen LogP contribution in [0.2, 0.25) is 0 Å². The molecule has 0 aliphatic rings. The van der Waals surface area contributed by atoms with Gasteiger partial charge in [0.1, 0.15) is 5.60 Å². The zero-order valence-corrected chi connectivity index (χ0v) is 11.6. The molecule has 0 aromatic heterocycles. The molecular weight excluding hydrogens is 216 g/mol. The second-order valence-electron chi connectivity index (χ2n) is 5.57. The third-order valence-corrected chi connectivity index (χ3v) is 2.54. The number of amides is 1. The van der Waals surface area contributed by atoms with E-state index in [0.29, 0.717) is 13.0 Å². The SMILES string of the molecule is CCCC(C)(C)OC(=O)NCCC(C)(C)C#N. The Morgan fingerprint density at radius 2 is 1.88 bits per heavy atom. The fourth-order valence-electron chi connectivity index (χ4n) is 1.47. The molecule has 4 heteroatoms. The van der Waals surface area contributed by atoms with Gasteiger partial charge in [0.15, 0.2) is 0 Å². The fourth-order valence-corrected chi connectivity index (χ4v) is 1.47. The summed E-state index contributed by atoms with van der Waals surface area (Å²) in [6.07, 6.45) is 2.02. The van der Waals surface area contributed by atoms with Gasteiger partial charge in [-0.25, -0.2) is 4.79 Å². The maximum Gasteiger partial charge on any atom is 0.407 e. The number of carbonyl (C=O) groups excluding carboxylic acids is 1. The molecule has 0 radical (unpaired) electrons. The number of ether oxygens (including phenoxy) is 1. The monoisotopic (exact) mass is 240 g/mol. The molecule has 0 rings (SSSR count). The smallest absolute Gasteiger partial charge is 0.407 e. The number of nitrogens with one attached hydrogen (secondary N) is 1. The molecular formula is C13H24N2O2. The highest BCUT2D eigenvalue weighted by atomic mass is 16.6. The topological polar surface area (TPSA) is 62.1 Å². The molecule has 98 valence electrons. The third-order valence-electron chi connectivity index (χ3n) is 2.54. The van der Waals surface area contributed by atoms with Crippen molar-refractivity contribution in [2.45, 2.75) is 59.5 Å². The predicted molar refractivity (Wildman–Crippen MR) is 67.5 cm³/mol. The van der Waals surface area contributed by atoms with Gasteiger partial charge in [-0.2, -0.15) is 5.26 Å². The first-order valence-electron chi connectivity index (χ1n) is 6.10. The first-order valence-corrected chi connectivity index (χ1v) is 6.10. The molecule has 0 aliphatic carbocycles. The van der Waals surface area contributed by atoms with E-state index in [1.165, 1.54) is 0 Å². The predicted octanol–water partition coefficient (Wildman–Crippen LogP) is 3.23. The second-order valence-corrected chi connectivity index (χ2v) is 5.57. The molecule has 0 saturated heterocycles. The molecule has 0 atom stereocenters. The van der Waals surface area contributed by atoms with Crippen molar-refractivity contribution in [1.29, 1.82) is 5.26 Å². The molecule has 0 fully saturated rings. The average Bonchev–Trinajstić information content (AvgIpc) is 2.16. The largest absolute Gasteiger partial charge is 0.444 e. The first kappa shape index (κ1) is 15.8. The molecule has 17 heavy (non-hydrogen) atoms. The standard InChI is InChI=1S/C13H24N2O2/c1-6-7-13(4,5)17-11(16)15-9-8-12(2,3)10-14/h6-9H2,1-5H3,(H,15,16). The third kappa shape index (κ3) is 7.62. The Morgan fingerprint density at radius 3 is 2.35 bits per heavy atom. The molecule has 0 saturated carbocycles. The highest BCUT2D eigenvalue weighted by Crippen LogP contribution is 2.18. The Balaban J connectivity index is 3.93. The summed E-state index contributed by atoms with van der Waals surface area (Å²) in [4.78, 5) is 11.5. The van der Waals surface area contributed by atoms with Crippen LogP contribution in [-0.2, 0) is 4.74 Å². The van der Waals surface area contributed by atoms with E-state index in [1.54, 1.807) is 0 Å². The van der Waals surface area contributed by atoms with E-state index in [1.807, 2.05) is 27.7 Å². The van der Waals surface area contributed by atoms with Crippen LogP contribution < -0.4 is 5.32 Å². The number of rotatable bonds is 6. The van der Waals surface area contributed by atoms with Gasteiger partial charge in [0.05, 0.1) is 11.5 Å². The summed E-state index contributed by atoms with van der Waals surface area (Å²) in [6, 6.07) is 2.19. The van der Waals surface area contributed by atoms with Crippen LogP contribution in [-0.4, -0.2) is 18.2 Å². The van der Waals surface area contributed by atoms with Crippen LogP contribution in [0.5, 0.6) is 0 Å². The summed E-state index contributed by atoms with van der Waals surface area (Å²) < 4.78 is 5.29. The molecule has 0 bridgehead atoms. The van der Waals surface area contributed by atoms with Crippen LogP contribution in [0.4, 0.5) is 4.79 Å². The second kappa shape index (κ2) is 6.48. The molecule has 1 amide bonds. The lowest BCUT2D eigenvalue weighted by molar-refractivity contribution is 0.0320. The number of nitriles is 1. The first-order chi connectivity index (χ1) is 7.72. The van der Waals surface area contributed by atoms with Crippen LogP contribution in [0.15, 0.2) is 0 Å². The molecule has 4 nitrogen and oxygen atoms in total. The summed E-state index contributed by atoms with van der Waals surface area (Å²) in [7, 11) is 0. The normalized spacial score (nSPS) is 11.8. The van der Waals surface area contributed by atoms with Crippen molar-refractivity contribution in [3.63, 3.8) is 0 Å². The maximum atomic E-state index is 11.5. The van der Waals surface area contributed by atoms with Gasteiger partial charge in [0.2, 0.25) is 0 Å². The summed E-state index contributed by atoms with van der Waals surface area (Å²) in [5.41, 5.74) is -0.838. The minimum absolute atomic E-state index is 0.405. The van der Waals surface area contributed by atoms with Crippen molar-refractivity contribution < 1.29 is 9.53 Å². The molecule has 1 N–H and O–H groups in total. The zero-order chi connectivity index (χ0) is 13.5. The molecule has 0 aromatic carbocycles. The minimum Gasteiger partial charge on any atom is -0.444 e. The highest BCUT2D eigenvalue weighted by Gasteiger charge is 2.22. The molecule has 0 unspecified atom stereocenters. The van der Waals surface area contributed by atoms with E-state index in [9.17, 15) is 4.79 Å². The lowest BCUT2D eigenvalue weighted by atomic mass is 9.92. The molecule has 0 aromatic rings. The van der Waals surface area contributed by atoms with Gasteiger partial charge in [-0.1, -0.05) is 13.3 Å². The van der Waals surface area contributed by atoms with Crippen molar-refractivity contribution in [1.82, 2.24) is 5.32 Å². The summed E-state index contributed by atoms with van der Waals surface area (Å²) in [5.74, 6) is 0. The summed E-state index contributed by atoms with van der Waals surface area (Å²) in [5, 5.41) is 11.5. The van der Waals surface area contributed by atoms with Gasteiger partial charge in [-0.15, -0.1) is 0 Å². The van der Waals surface area contributed by atoms with Crippen molar-refractivity contribution in [2.24, 2.45) is 5.41 Å². The van der Waals surface area contributed by atoms with Crippen LogP contribution in [0, 0.1) is 16.7 Å². The fraction of sp³-hybridized carbons (Fsp3) is 0.846. The van der Waals surface area contributed by atoms with E-state index in [4.69, 9.17) is 10.00 Å². The molecule has 0 spiro atoms. The van der Waals surface area contributed by atoms with Crippen molar-refractivity contribution >= 4 is 6.09 Å². The van der Waals surface area contributed by atoms with E-state index in [2.05, 4.69) is 18.3 Å². The van der Waals surface area contributed by atoms with Gasteiger partial charge >= 0.3 is 6.09 Å². The lowest BCUT2D eigenvalue weighted by Gasteiger charge is -2.25. The van der Waals surface area contributed by atoms with Gasteiger partial charge in [0, 0.05) is 6.54 Å². The molecule has 0 aliphatic heterocycles. The lowest BCUT2D eigenvalue weighted by Crippen LogP contribution is -2.35. The zero-order valence-electron chi connectivity index (χ0n) is 11.6. The van der Waals surface area contributed by atoms with Crippen LogP contribution in [0.3, 0.4) is 0 Å². The Hall–Kier alpha value is -1.24. The van der Waals surface area contributed by atoms with Crippen molar-refractivity contribution in [3.8, 4) is 6.07 Å². The summed E-state index contributed by atoms with van der Waals surface area (Å²) >= 11 is 0. The van der Waals surface area contributed by atoms with E-state index in [0.717, 1.165) is 12.8 Å². The quantitative estimate of drug-likeness (QED) is 0.775.